The standard InChI is InChI=1S/C9H11NO2/c11-6-7-5-9(3-4-10-7)12-8-1-2-8/h3-5,8,11H,1-2,6H2. The lowest BCUT2D eigenvalue weighted by molar-refractivity contribution is 0.272. The minimum Gasteiger partial charge on any atom is -0.490 e. The van der Waals surface area contributed by atoms with Crippen LogP contribution < -0.4 is 4.74 Å². The normalized spacial score (nSPS) is 16.1. The highest BCUT2D eigenvalue weighted by Gasteiger charge is 2.23. The summed E-state index contributed by atoms with van der Waals surface area (Å²) in [5.41, 5.74) is 0.660. The van der Waals surface area contributed by atoms with E-state index in [1.54, 1.807) is 12.3 Å². The summed E-state index contributed by atoms with van der Waals surface area (Å²) in [6.07, 6.45) is 4.36. The van der Waals surface area contributed by atoms with Gasteiger partial charge >= 0.3 is 0 Å². The van der Waals surface area contributed by atoms with E-state index in [0.717, 1.165) is 18.6 Å². The van der Waals surface area contributed by atoms with Crippen molar-refractivity contribution in [3.63, 3.8) is 0 Å². The Morgan fingerprint density at radius 2 is 2.42 bits per heavy atom. The van der Waals surface area contributed by atoms with Crippen molar-refractivity contribution in [2.45, 2.75) is 25.6 Å². The molecule has 1 aromatic heterocycles. The lowest BCUT2D eigenvalue weighted by Gasteiger charge is -2.03. The first-order chi connectivity index (χ1) is 5.88. The third-order valence-corrected chi connectivity index (χ3v) is 1.78. The monoisotopic (exact) mass is 165 g/mol. The summed E-state index contributed by atoms with van der Waals surface area (Å²) in [5, 5.41) is 8.79. The smallest absolute Gasteiger partial charge is 0.123 e. The van der Waals surface area contributed by atoms with Gasteiger partial charge in [-0.1, -0.05) is 0 Å². The molecule has 0 atom stereocenters. The molecule has 0 bridgehead atoms. The molecule has 0 aromatic carbocycles. The fourth-order valence-corrected chi connectivity index (χ4v) is 0.994. The first kappa shape index (κ1) is 7.55. The molecule has 1 heterocycles. The quantitative estimate of drug-likeness (QED) is 0.729. The molecule has 0 amide bonds. The van der Waals surface area contributed by atoms with Gasteiger partial charge in [-0.05, 0) is 18.9 Å². The molecule has 2 rings (SSSR count). The lowest BCUT2D eigenvalue weighted by Crippen LogP contribution is -1.97. The van der Waals surface area contributed by atoms with E-state index in [2.05, 4.69) is 4.98 Å². The summed E-state index contributed by atoms with van der Waals surface area (Å²) in [4.78, 5) is 3.96. The van der Waals surface area contributed by atoms with Gasteiger partial charge in [0.25, 0.3) is 0 Å². The molecule has 0 aliphatic heterocycles. The van der Waals surface area contributed by atoms with Crippen LogP contribution in [-0.4, -0.2) is 16.2 Å². The van der Waals surface area contributed by atoms with Gasteiger partial charge in [0.2, 0.25) is 0 Å². The zero-order valence-electron chi connectivity index (χ0n) is 6.73. The van der Waals surface area contributed by atoms with E-state index in [-0.39, 0.29) is 6.61 Å². The van der Waals surface area contributed by atoms with E-state index < -0.39 is 0 Å². The van der Waals surface area contributed by atoms with Crippen molar-refractivity contribution in [1.82, 2.24) is 4.98 Å². The van der Waals surface area contributed by atoms with Gasteiger partial charge in [0, 0.05) is 12.3 Å². The number of hydrogen-bond donors (Lipinski definition) is 1. The van der Waals surface area contributed by atoms with Crippen LogP contribution in [0.4, 0.5) is 0 Å². The van der Waals surface area contributed by atoms with E-state index in [9.17, 15) is 0 Å². The van der Waals surface area contributed by atoms with Crippen molar-refractivity contribution in [2.75, 3.05) is 0 Å². The zero-order valence-corrected chi connectivity index (χ0v) is 6.73. The van der Waals surface area contributed by atoms with Crippen LogP contribution in [0.1, 0.15) is 18.5 Å². The van der Waals surface area contributed by atoms with Crippen LogP contribution in [0.15, 0.2) is 18.3 Å². The first-order valence-electron chi connectivity index (χ1n) is 4.11. The maximum absolute atomic E-state index is 8.79. The van der Waals surface area contributed by atoms with Crippen LogP contribution in [0.2, 0.25) is 0 Å². The van der Waals surface area contributed by atoms with Crippen LogP contribution >= 0.6 is 0 Å². The molecule has 12 heavy (non-hydrogen) atoms. The van der Waals surface area contributed by atoms with Crippen LogP contribution in [-0.2, 0) is 6.61 Å². The van der Waals surface area contributed by atoms with Gasteiger partial charge < -0.3 is 9.84 Å². The topological polar surface area (TPSA) is 42.4 Å². The second kappa shape index (κ2) is 3.11. The molecule has 3 nitrogen and oxygen atoms in total. The molecule has 1 fully saturated rings. The molecule has 3 heteroatoms. The van der Waals surface area contributed by atoms with Crippen molar-refractivity contribution >= 4 is 0 Å². The molecule has 1 aliphatic carbocycles. The summed E-state index contributed by atoms with van der Waals surface area (Å²) in [5.74, 6) is 0.816. The van der Waals surface area contributed by atoms with Crippen molar-refractivity contribution in [3.8, 4) is 5.75 Å². The number of hydrogen-bond acceptors (Lipinski definition) is 3. The second-order valence-corrected chi connectivity index (χ2v) is 2.96. The molecule has 1 aromatic rings. The number of aromatic nitrogens is 1. The van der Waals surface area contributed by atoms with E-state index in [4.69, 9.17) is 9.84 Å². The molecule has 0 spiro atoms. The molecule has 1 aliphatic rings. The SMILES string of the molecule is OCc1cc(OC2CC2)ccn1. The Kier molecular flexibility index (Phi) is 1.96. The van der Waals surface area contributed by atoms with E-state index in [1.807, 2.05) is 6.07 Å². The summed E-state index contributed by atoms with van der Waals surface area (Å²) >= 11 is 0. The molecule has 0 radical (unpaired) electrons. The number of rotatable bonds is 3. The third kappa shape index (κ3) is 1.74. The third-order valence-electron chi connectivity index (χ3n) is 1.78. The highest BCUT2D eigenvalue weighted by atomic mass is 16.5. The maximum atomic E-state index is 8.79. The van der Waals surface area contributed by atoms with E-state index in [1.165, 1.54) is 0 Å². The molecular formula is C9H11NO2. The Bertz CT molecular complexity index is 271. The van der Waals surface area contributed by atoms with E-state index in [0.29, 0.717) is 11.8 Å². The van der Waals surface area contributed by atoms with Gasteiger partial charge in [0.15, 0.2) is 0 Å². The molecule has 0 unspecified atom stereocenters. The van der Waals surface area contributed by atoms with Crippen LogP contribution in [0.5, 0.6) is 5.75 Å². The number of pyridine rings is 1. The summed E-state index contributed by atoms with van der Waals surface area (Å²) in [7, 11) is 0. The number of aliphatic hydroxyl groups excluding tert-OH is 1. The van der Waals surface area contributed by atoms with Crippen LogP contribution in [0, 0.1) is 0 Å². The minimum atomic E-state index is -0.0259. The number of aliphatic hydroxyl groups is 1. The van der Waals surface area contributed by atoms with Crippen LogP contribution in [0.3, 0.4) is 0 Å². The van der Waals surface area contributed by atoms with E-state index >= 15 is 0 Å². The second-order valence-electron chi connectivity index (χ2n) is 2.96. The fraction of sp³-hybridized carbons (Fsp3) is 0.444. The predicted octanol–water partition coefficient (Wildman–Crippen LogP) is 1.12. The predicted molar refractivity (Wildman–Crippen MR) is 43.8 cm³/mol. The van der Waals surface area contributed by atoms with Crippen molar-refractivity contribution in [1.29, 1.82) is 0 Å². The Balaban J connectivity index is 2.08. The average molecular weight is 165 g/mol. The van der Waals surface area contributed by atoms with Gasteiger partial charge in [0.1, 0.15) is 5.75 Å². The van der Waals surface area contributed by atoms with Gasteiger partial charge in [0.05, 0.1) is 18.4 Å². The van der Waals surface area contributed by atoms with Crippen molar-refractivity contribution < 1.29 is 9.84 Å². The molecule has 0 saturated heterocycles. The Hall–Kier alpha value is -1.09. The number of ether oxygens (including phenoxy) is 1. The van der Waals surface area contributed by atoms with Crippen molar-refractivity contribution in [2.24, 2.45) is 0 Å². The summed E-state index contributed by atoms with van der Waals surface area (Å²) in [6, 6.07) is 3.59. The summed E-state index contributed by atoms with van der Waals surface area (Å²) < 4.78 is 5.52. The average Bonchev–Trinajstić information content (AvgIpc) is 2.89. The fourth-order valence-electron chi connectivity index (χ4n) is 0.994. The Labute approximate surface area is 71.0 Å². The Morgan fingerprint density at radius 1 is 1.58 bits per heavy atom. The highest BCUT2D eigenvalue weighted by Crippen LogP contribution is 2.26. The molecule has 1 N–H and O–H groups in total. The molecule has 1 saturated carbocycles. The number of nitrogens with zero attached hydrogens (tertiary/aromatic N) is 1. The maximum Gasteiger partial charge on any atom is 0.123 e. The first-order valence-corrected chi connectivity index (χ1v) is 4.11. The lowest BCUT2D eigenvalue weighted by atomic mass is 10.3. The highest BCUT2D eigenvalue weighted by molar-refractivity contribution is 5.22. The largest absolute Gasteiger partial charge is 0.490 e. The van der Waals surface area contributed by atoms with Crippen LogP contribution in [0.25, 0.3) is 0 Å². The van der Waals surface area contributed by atoms with Gasteiger partial charge in [-0.15, -0.1) is 0 Å². The molecular weight excluding hydrogens is 154 g/mol. The van der Waals surface area contributed by atoms with Gasteiger partial charge in [-0.2, -0.15) is 0 Å². The Morgan fingerprint density at radius 3 is 3.08 bits per heavy atom. The van der Waals surface area contributed by atoms with Crippen molar-refractivity contribution in [3.05, 3.63) is 24.0 Å². The zero-order chi connectivity index (χ0) is 8.39. The minimum absolute atomic E-state index is 0.0259. The summed E-state index contributed by atoms with van der Waals surface area (Å²) in [6.45, 7) is -0.0259. The van der Waals surface area contributed by atoms with Gasteiger partial charge in [-0.25, -0.2) is 0 Å². The molecule has 64 valence electrons. The van der Waals surface area contributed by atoms with Gasteiger partial charge in [-0.3, -0.25) is 4.98 Å².